The molecule has 0 aliphatic carbocycles. The van der Waals surface area contributed by atoms with Gasteiger partial charge in [0, 0.05) is 11.9 Å². The van der Waals surface area contributed by atoms with Crippen LogP contribution in [0, 0.1) is 6.92 Å². The van der Waals surface area contributed by atoms with Gasteiger partial charge in [-0.1, -0.05) is 0 Å². The molecule has 0 aliphatic rings. The zero-order valence-corrected chi connectivity index (χ0v) is 9.34. The Morgan fingerprint density at radius 2 is 1.89 bits per heavy atom. The minimum absolute atomic E-state index is 0.166. The minimum atomic E-state index is -1.31. The molecule has 0 saturated carbocycles. The molecule has 2 heterocycles. The summed E-state index contributed by atoms with van der Waals surface area (Å²) in [7, 11) is 0. The average molecular weight is 247 g/mol. The van der Waals surface area contributed by atoms with Gasteiger partial charge in [-0.25, -0.2) is 19.6 Å². The number of hydrogen-bond donors (Lipinski definition) is 3. The molecule has 7 nitrogen and oxygen atoms in total. The van der Waals surface area contributed by atoms with E-state index >= 15 is 0 Å². The van der Waals surface area contributed by atoms with Crippen molar-refractivity contribution in [1.29, 1.82) is 0 Å². The monoisotopic (exact) mass is 247 g/mol. The fraction of sp³-hybridized carbons (Fsp3) is 0.0909. The van der Waals surface area contributed by atoms with Crippen LogP contribution in [0.15, 0.2) is 18.6 Å². The van der Waals surface area contributed by atoms with Gasteiger partial charge in [-0.05, 0) is 13.0 Å². The summed E-state index contributed by atoms with van der Waals surface area (Å²) in [6.07, 6.45) is 2.71. The van der Waals surface area contributed by atoms with Crippen LogP contribution >= 0.6 is 0 Å². The number of H-pyrrole nitrogens is 1. The van der Waals surface area contributed by atoms with Crippen molar-refractivity contribution in [3.05, 3.63) is 35.4 Å². The summed E-state index contributed by atoms with van der Waals surface area (Å²) in [4.78, 5) is 32.7. The van der Waals surface area contributed by atoms with E-state index in [1.54, 1.807) is 0 Å². The Bertz CT molecular complexity index is 619. The van der Waals surface area contributed by atoms with E-state index in [-0.39, 0.29) is 22.5 Å². The van der Waals surface area contributed by atoms with Crippen molar-refractivity contribution < 1.29 is 19.8 Å². The van der Waals surface area contributed by atoms with Crippen molar-refractivity contribution >= 4 is 11.9 Å². The van der Waals surface area contributed by atoms with Crippen LogP contribution in [0.1, 0.15) is 26.4 Å². The Morgan fingerprint density at radius 3 is 2.39 bits per heavy atom. The number of aromatic carboxylic acids is 2. The summed E-state index contributed by atoms with van der Waals surface area (Å²) >= 11 is 0. The van der Waals surface area contributed by atoms with Crippen molar-refractivity contribution in [3.63, 3.8) is 0 Å². The van der Waals surface area contributed by atoms with E-state index in [4.69, 9.17) is 10.2 Å². The summed E-state index contributed by atoms with van der Waals surface area (Å²) in [5.41, 5.74) is 0.223. The third-order valence-electron chi connectivity index (χ3n) is 2.45. The summed E-state index contributed by atoms with van der Waals surface area (Å²) in [6, 6.07) is 1.50. The smallest absolute Gasteiger partial charge is 0.338 e. The highest BCUT2D eigenvalue weighted by Gasteiger charge is 2.26. The van der Waals surface area contributed by atoms with Crippen LogP contribution in [-0.4, -0.2) is 37.1 Å². The van der Waals surface area contributed by atoms with Gasteiger partial charge in [0.2, 0.25) is 0 Å². The number of carboxylic acid groups (broad SMARTS) is 2. The maximum atomic E-state index is 11.2. The maximum Gasteiger partial charge on any atom is 0.338 e. The number of nitrogens with zero attached hydrogens (tertiary/aromatic N) is 2. The quantitative estimate of drug-likeness (QED) is 0.749. The van der Waals surface area contributed by atoms with Gasteiger partial charge < -0.3 is 15.2 Å². The van der Waals surface area contributed by atoms with Crippen molar-refractivity contribution in [2.24, 2.45) is 0 Å². The van der Waals surface area contributed by atoms with Crippen LogP contribution in [0.2, 0.25) is 0 Å². The molecule has 0 bridgehead atoms. The summed E-state index contributed by atoms with van der Waals surface area (Å²) < 4.78 is 0. The molecule has 18 heavy (non-hydrogen) atoms. The first-order valence-electron chi connectivity index (χ1n) is 4.98. The molecule has 2 aromatic rings. The number of carbonyl (C=O) groups is 2. The summed E-state index contributed by atoms with van der Waals surface area (Å²) in [5.74, 6) is -2.60. The number of hydrogen-bond acceptors (Lipinski definition) is 4. The van der Waals surface area contributed by atoms with Crippen LogP contribution in [-0.2, 0) is 0 Å². The van der Waals surface area contributed by atoms with Crippen molar-refractivity contribution in [2.45, 2.75) is 6.92 Å². The molecule has 0 unspecified atom stereocenters. The third-order valence-corrected chi connectivity index (χ3v) is 2.45. The molecule has 0 spiro atoms. The zero-order valence-electron chi connectivity index (χ0n) is 9.34. The van der Waals surface area contributed by atoms with E-state index in [2.05, 4.69) is 15.0 Å². The van der Waals surface area contributed by atoms with Crippen LogP contribution < -0.4 is 0 Å². The molecule has 3 N–H and O–H groups in total. The Labute approximate surface area is 101 Å². The first-order valence-corrected chi connectivity index (χ1v) is 4.98. The van der Waals surface area contributed by atoms with Gasteiger partial charge >= 0.3 is 11.9 Å². The van der Waals surface area contributed by atoms with Gasteiger partial charge in [0.25, 0.3) is 0 Å². The number of rotatable bonds is 3. The second-order valence-corrected chi connectivity index (χ2v) is 3.58. The van der Waals surface area contributed by atoms with E-state index in [0.717, 1.165) is 0 Å². The van der Waals surface area contributed by atoms with E-state index < -0.39 is 11.9 Å². The molecular formula is C11H9N3O4. The van der Waals surface area contributed by atoms with E-state index in [1.165, 1.54) is 25.5 Å². The molecule has 0 amide bonds. The highest BCUT2D eigenvalue weighted by molar-refractivity contribution is 6.07. The molecule has 92 valence electrons. The number of aromatic nitrogens is 3. The van der Waals surface area contributed by atoms with Crippen molar-refractivity contribution in [1.82, 2.24) is 15.0 Å². The fourth-order valence-corrected chi connectivity index (χ4v) is 1.74. The molecule has 0 saturated heterocycles. The van der Waals surface area contributed by atoms with E-state index in [0.29, 0.717) is 5.69 Å². The van der Waals surface area contributed by atoms with Gasteiger partial charge in [-0.2, -0.15) is 0 Å². The Morgan fingerprint density at radius 1 is 1.22 bits per heavy atom. The highest BCUT2D eigenvalue weighted by Crippen LogP contribution is 2.26. The largest absolute Gasteiger partial charge is 0.478 e. The first-order chi connectivity index (χ1) is 8.52. The lowest BCUT2D eigenvalue weighted by molar-refractivity contribution is 0.0652. The highest BCUT2D eigenvalue weighted by atomic mass is 16.4. The van der Waals surface area contributed by atoms with Crippen LogP contribution in [0.25, 0.3) is 11.4 Å². The normalized spacial score (nSPS) is 10.3. The molecule has 0 atom stereocenters. The molecule has 7 heteroatoms. The average Bonchev–Trinajstić information content (AvgIpc) is 2.68. The Balaban J connectivity index is 2.73. The maximum absolute atomic E-state index is 11.2. The Kier molecular flexibility index (Phi) is 2.80. The van der Waals surface area contributed by atoms with Crippen LogP contribution in [0.3, 0.4) is 0 Å². The van der Waals surface area contributed by atoms with Gasteiger partial charge in [0.15, 0.2) is 0 Å². The predicted molar refractivity (Wildman–Crippen MR) is 60.5 cm³/mol. The zero-order chi connectivity index (χ0) is 13.3. The number of carboxylic acids is 2. The molecule has 0 aliphatic heterocycles. The summed E-state index contributed by atoms with van der Waals surface area (Å²) in [6.45, 7) is 1.50. The number of aryl methyl sites for hydroxylation is 1. The third kappa shape index (κ3) is 1.81. The van der Waals surface area contributed by atoms with Crippen LogP contribution in [0.4, 0.5) is 0 Å². The van der Waals surface area contributed by atoms with Gasteiger partial charge in [-0.3, -0.25) is 0 Å². The lowest BCUT2D eigenvalue weighted by Gasteiger charge is -1.99. The second-order valence-electron chi connectivity index (χ2n) is 3.58. The number of nitrogens with one attached hydrogen (secondary N) is 1. The van der Waals surface area contributed by atoms with E-state index in [9.17, 15) is 9.59 Å². The van der Waals surface area contributed by atoms with Crippen molar-refractivity contribution in [3.8, 4) is 11.4 Å². The molecule has 0 aromatic carbocycles. The van der Waals surface area contributed by atoms with E-state index in [1.807, 2.05) is 0 Å². The lowest BCUT2D eigenvalue weighted by Crippen LogP contribution is -2.07. The van der Waals surface area contributed by atoms with Gasteiger partial charge in [-0.15, -0.1) is 0 Å². The SMILES string of the molecule is Cc1[nH]c(-c2ccncn2)c(C(=O)O)c1C(=O)O. The molecule has 2 rings (SSSR count). The molecule has 2 aromatic heterocycles. The standard InChI is InChI=1S/C11H9N3O4/c1-5-7(10(15)16)8(11(17)18)9(14-5)6-2-3-12-4-13-6/h2-4,14H,1H3,(H,15,16)(H,17,18). The van der Waals surface area contributed by atoms with Crippen LogP contribution in [0.5, 0.6) is 0 Å². The summed E-state index contributed by atoms with van der Waals surface area (Å²) in [5, 5.41) is 18.2. The van der Waals surface area contributed by atoms with Crippen molar-refractivity contribution in [2.75, 3.05) is 0 Å². The fourth-order valence-electron chi connectivity index (χ4n) is 1.74. The number of aromatic amines is 1. The molecular weight excluding hydrogens is 238 g/mol. The topological polar surface area (TPSA) is 116 Å². The predicted octanol–water partition coefficient (Wildman–Crippen LogP) is 1.18. The van der Waals surface area contributed by atoms with Gasteiger partial charge in [0.05, 0.1) is 17.0 Å². The minimum Gasteiger partial charge on any atom is -0.478 e. The lowest BCUT2D eigenvalue weighted by atomic mass is 10.1. The molecule has 0 radical (unpaired) electrons. The Hall–Kier alpha value is -2.70. The van der Waals surface area contributed by atoms with Gasteiger partial charge in [0.1, 0.15) is 11.9 Å². The molecule has 0 fully saturated rings. The first kappa shape index (κ1) is 11.8. The second kappa shape index (κ2) is 4.28.